The predicted octanol–water partition coefficient (Wildman–Crippen LogP) is 0.481. The van der Waals surface area contributed by atoms with E-state index in [-0.39, 0.29) is 18.7 Å². The van der Waals surface area contributed by atoms with Gasteiger partial charge in [-0.3, -0.25) is 9.36 Å². The average Bonchev–Trinajstić information content (AvgIpc) is 2.91. The van der Waals surface area contributed by atoms with E-state index in [2.05, 4.69) is 9.98 Å². The summed E-state index contributed by atoms with van der Waals surface area (Å²) in [7, 11) is 3.65. The number of carbonyl (C=O) groups excluding carboxylic acids is 1. The van der Waals surface area contributed by atoms with Gasteiger partial charge in [-0.15, -0.1) is 0 Å². The number of hydrogen-bond donors (Lipinski definition) is 0. The first kappa shape index (κ1) is 15.9. The lowest BCUT2D eigenvalue weighted by molar-refractivity contribution is -0.145. The minimum Gasteiger partial charge on any atom is -0.463 e. The average molecular weight is 306 g/mol. The van der Waals surface area contributed by atoms with Crippen LogP contribution < -0.4 is 5.69 Å². The third-order valence-corrected chi connectivity index (χ3v) is 2.77. The highest BCUT2D eigenvalue weighted by Gasteiger charge is 2.22. The first-order valence-corrected chi connectivity index (χ1v) is 6.72. The van der Waals surface area contributed by atoms with E-state index >= 15 is 0 Å². The molecule has 0 saturated heterocycles. The third kappa shape index (κ3) is 4.26. The smallest absolute Gasteiger partial charge is 0.351 e. The molecule has 0 spiro atoms. The molecule has 8 heteroatoms. The Morgan fingerprint density at radius 3 is 2.95 bits per heavy atom. The lowest BCUT2D eigenvalue weighted by atomic mass is 10.4. The van der Waals surface area contributed by atoms with Crippen LogP contribution in [0.25, 0.3) is 0 Å². The number of aromatic nitrogens is 2. The minimum atomic E-state index is -0.563. The molecule has 0 amide bonds. The molecule has 0 fully saturated rings. The first-order valence-electron chi connectivity index (χ1n) is 6.72. The molecule has 22 heavy (non-hydrogen) atoms. The van der Waals surface area contributed by atoms with Crippen molar-refractivity contribution in [1.82, 2.24) is 14.5 Å². The number of aliphatic imine (C=N–C) groups is 1. The number of rotatable bonds is 5. The van der Waals surface area contributed by atoms with E-state index in [9.17, 15) is 9.59 Å². The van der Waals surface area contributed by atoms with Crippen molar-refractivity contribution in [2.75, 3.05) is 20.7 Å². The summed E-state index contributed by atoms with van der Waals surface area (Å²) in [6, 6.07) is 1.62. The molecule has 1 aliphatic heterocycles. The SMILES string of the molecule is CC(=O)OC[C@@H]1C=C[C@H](n2ccc(N=CN(C)C)nc2=O)O1. The molecule has 0 aromatic carbocycles. The Morgan fingerprint density at radius 1 is 1.55 bits per heavy atom. The van der Waals surface area contributed by atoms with Gasteiger partial charge in [-0.05, 0) is 12.1 Å². The van der Waals surface area contributed by atoms with Crippen LogP contribution in [0.2, 0.25) is 0 Å². The fraction of sp³-hybridized carbons (Fsp3) is 0.429. The summed E-state index contributed by atoms with van der Waals surface area (Å²) in [4.78, 5) is 32.5. The molecular weight excluding hydrogens is 288 g/mol. The van der Waals surface area contributed by atoms with Crippen LogP contribution >= 0.6 is 0 Å². The minimum absolute atomic E-state index is 0.121. The summed E-state index contributed by atoms with van der Waals surface area (Å²) in [5.41, 5.74) is -0.462. The highest BCUT2D eigenvalue weighted by Crippen LogP contribution is 2.20. The molecule has 1 aromatic rings. The maximum absolute atomic E-state index is 12.0. The van der Waals surface area contributed by atoms with Crippen molar-refractivity contribution < 1.29 is 14.3 Å². The number of nitrogens with zero attached hydrogens (tertiary/aromatic N) is 4. The Bertz CT molecular complexity index is 650. The van der Waals surface area contributed by atoms with E-state index in [1.165, 1.54) is 11.5 Å². The molecule has 0 aliphatic carbocycles. The van der Waals surface area contributed by atoms with Gasteiger partial charge < -0.3 is 14.4 Å². The zero-order valence-corrected chi connectivity index (χ0v) is 12.7. The molecule has 2 atom stereocenters. The Kier molecular flexibility index (Phi) is 5.05. The molecule has 118 valence electrons. The molecule has 2 rings (SSSR count). The number of hydrogen-bond acceptors (Lipinski definition) is 6. The van der Waals surface area contributed by atoms with Gasteiger partial charge >= 0.3 is 11.7 Å². The van der Waals surface area contributed by atoms with E-state index in [4.69, 9.17) is 9.47 Å². The van der Waals surface area contributed by atoms with Crippen LogP contribution in [0.1, 0.15) is 13.2 Å². The molecule has 0 N–H and O–H groups in total. The molecule has 1 aromatic heterocycles. The zero-order chi connectivity index (χ0) is 16.1. The summed E-state index contributed by atoms with van der Waals surface area (Å²) < 4.78 is 11.8. The zero-order valence-electron chi connectivity index (χ0n) is 12.7. The largest absolute Gasteiger partial charge is 0.463 e. The molecule has 2 heterocycles. The Hall–Kier alpha value is -2.48. The molecular formula is C14H18N4O4. The van der Waals surface area contributed by atoms with Gasteiger partial charge in [0, 0.05) is 27.2 Å². The monoisotopic (exact) mass is 306 g/mol. The molecule has 0 saturated carbocycles. The fourth-order valence-electron chi connectivity index (χ4n) is 1.79. The third-order valence-electron chi connectivity index (χ3n) is 2.77. The van der Waals surface area contributed by atoms with Crippen LogP contribution in [0.3, 0.4) is 0 Å². The molecule has 0 unspecified atom stereocenters. The van der Waals surface area contributed by atoms with E-state index in [1.54, 1.807) is 35.7 Å². The van der Waals surface area contributed by atoms with Gasteiger partial charge in [0.25, 0.3) is 0 Å². The van der Waals surface area contributed by atoms with E-state index in [0.717, 1.165) is 0 Å². The van der Waals surface area contributed by atoms with Crippen LogP contribution in [0.4, 0.5) is 5.82 Å². The van der Waals surface area contributed by atoms with Crippen LogP contribution in [-0.2, 0) is 14.3 Å². The fourth-order valence-corrected chi connectivity index (χ4v) is 1.79. The molecule has 8 nitrogen and oxygen atoms in total. The highest BCUT2D eigenvalue weighted by atomic mass is 16.6. The first-order chi connectivity index (χ1) is 10.5. The van der Waals surface area contributed by atoms with Gasteiger partial charge in [-0.2, -0.15) is 4.98 Å². The van der Waals surface area contributed by atoms with E-state index < -0.39 is 11.9 Å². The summed E-state index contributed by atoms with van der Waals surface area (Å²) in [6.45, 7) is 1.45. The number of carbonyl (C=O) groups is 1. The number of esters is 1. The summed E-state index contributed by atoms with van der Waals surface area (Å²) >= 11 is 0. The molecule has 0 bridgehead atoms. The standard InChI is InChI=1S/C14H18N4O4/c1-10(19)21-8-11-4-5-13(22-11)18-7-6-12(16-14(18)20)15-9-17(2)3/h4-7,9,11,13H,8H2,1-3H3/t11-,13+/m0/s1. The normalized spacial score (nSPS) is 20.5. The number of ether oxygens (including phenoxy) is 2. The second-order valence-corrected chi connectivity index (χ2v) is 4.94. The van der Waals surface area contributed by atoms with Crippen molar-refractivity contribution in [3.8, 4) is 0 Å². The lowest BCUT2D eigenvalue weighted by Crippen LogP contribution is -2.27. The highest BCUT2D eigenvalue weighted by molar-refractivity contribution is 5.65. The van der Waals surface area contributed by atoms with Crippen molar-refractivity contribution in [1.29, 1.82) is 0 Å². The van der Waals surface area contributed by atoms with Gasteiger partial charge in [-0.1, -0.05) is 6.08 Å². The lowest BCUT2D eigenvalue weighted by Gasteiger charge is -2.15. The van der Waals surface area contributed by atoms with E-state index in [1.807, 2.05) is 14.1 Å². The maximum Gasteiger partial charge on any atom is 0.351 e. The van der Waals surface area contributed by atoms with Crippen LogP contribution in [-0.4, -0.2) is 53.6 Å². The van der Waals surface area contributed by atoms with Crippen molar-refractivity contribution in [2.24, 2.45) is 4.99 Å². The van der Waals surface area contributed by atoms with Crippen LogP contribution in [0, 0.1) is 0 Å². The topological polar surface area (TPSA) is 86.0 Å². The summed E-state index contributed by atoms with van der Waals surface area (Å²) in [6.07, 6.45) is 5.67. The van der Waals surface area contributed by atoms with Gasteiger partial charge in [0.2, 0.25) is 0 Å². The Labute approximate surface area is 127 Å². The second-order valence-electron chi connectivity index (χ2n) is 4.94. The second kappa shape index (κ2) is 6.99. The van der Waals surface area contributed by atoms with Crippen LogP contribution in [0.15, 0.2) is 34.2 Å². The van der Waals surface area contributed by atoms with Crippen molar-refractivity contribution in [3.63, 3.8) is 0 Å². The molecule has 0 radical (unpaired) electrons. The van der Waals surface area contributed by atoms with Crippen molar-refractivity contribution in [3.05, 3.63) is 34.9 Å². The van der Waals surface area contributed by atoms with Crippen LogP contribution in [0.5, 0.6) is 0 Å². The van der Waals surface area contributed by atoms with Gasteiger partial charge in [0.15, 0.2) is 12.0 Å². The molecule has 1 aliphatic rings. The Balaban J connectivity index is 2.04. The maximum atomic E-state index is 12.0. The quantitative estimate of drug-likeness (QED) is 0.340. The van der Waals surface area contributed by atoms with Gasteiger partial charge in [0.1, 0.15) is 12.7 Å². The van der Waals surface area contributed by atoms with E-state index in [0.29, 0.717) is 5.82 Å². The Morgan fingerprint density at radius 2 is 2.32 bits per heavy atom. The van der Waals surface area contributed by atoms with Crippen molar-refractivity contribution in [2.45, 2.75) is 19.3 Å². The van der Waals surface area contributed by atoms with Gasteiger partial charge in [0.05, 0.1) is 6.34 Å². The predicted molar refractivity (Wildman–Crippen MR) is 80.0 cm³/mol. The summed E-state index contributed by atoms with van der Waals surface area (Å²) in [5, 5.41) is 0. The van der Waals surface area contributed by atoms with Crippen molar-refractivity contribution >= 4 is 18.1 Å². The van der Waals surface area contributed by atoms with Gasteiger partial charge in [-0.25, -0.2) is 9.79 Å². The summed E-state index contributed by atoms with van der Waals surface area (Å²) in [5.74, 6) is -0.0456.